The molecule has 0 saturated carbocycles. The highest BCUT2D eigenvalue weighted by molar-refractivity contribution is 5.41. The molecular formula is C14H20O. The minimum absolute atomic E-state index is 0.131. The summed E-state index contributed by atoms with van der Waals surface area (Å²) in [6.07, 6.45) is 0. The second kappa shape index (κ2) is 3.08. The summed E-state index contributed by atoms with van der Waals surface area (Å²) in [4.78, 5) is 0. The molecule has 0 aliphatic carbocycles. The molecule has 0 radical (unpaired) electrons. The summed E-state index contributed by atoms with van der Waals surface area (Å²) >= 11 is 0. The van der Waals surface area contributed by atoms with Crippen molar-refractivity contribution in [1.82, 2.24) is 0 Å². The number of hydrogen-bond acceptors (Lipinski definition) is 1. The number of benzene rings is 1. The van der Waals surface area contributed by atoms with E-state index in [0.29, 0.717) is 0 Å². The van der Waals surface area contributed by atoms with E-state index in [1.54, 1.807) is 0 Å². The Balaban J connectivity index is 2.58. The Morgan fingerprint density at radius 3 is 2.53 bits per heavy atom. The molecule has 0 fully saturated rings. The molecule has 0 N–H and O–H groups in total. The van der Waals surface area contributed by atoms with Crippen LogP contribution in [-0.2, 0) is 16.9 Å². The maximum atomic E-state index is 6.06. The van der Waals surface area contributed by atoms with E-state index in [-0.39, 0.29) is 11.0 Å². The van der Waals surface area contributed by atoms with Gasteiger partial charge in [0.1, 0.15) is 0 Å². The van der Waals surface area contributed by atoms with Crippen LogP contribution in [0.3, 0.4) is 0 Å². The van der Waals surface area contributed by atoms with Crippen LogP contribution < -0.4 is 0 Å². The van der Waals surface area contributed by atoms with Gasteiger partial charge in [-0.2, -0.15) is 0 Å². The zero-order valence-corrected chi connectivity index (χ0v) is 10.3. The first-order valence-corrected chi connectivity index (χ1v) is 5.59. The van der Waals surface area contributed by atoms with Gasteiger partial charge in [-0.05, 0) is 36.0 Å². The van der Waals surface area contributed by atoms with E-state index < -0.39 is 0 Å². The summed E-state index contributed by atoms with van der Waals surface area (Å²) in [7, 11) is 0. The van der Waals surface area contributed by atoms with E-state index in [1.807, 2.05) is 0 Å². The minimum Gasteiger partial charge on any atom is -0.365 e. The third-order valence-electron chi connectivity index (χ3n) is 3.86. The number of ether oxygens (including phenoxy) is 1. The third-order valence-corrected chi connectivity index (χ3v) is 3.86. The van der Waals surface area contributed by atoms with Gasteiger partial charge in [-0.25, -0.2) is 0 Å². The molecule has 0 aromatic heterocycles. The number of hydrogen-bond donors (Lipinski definition) is 0. The molecule has 1 aliphatic rings. The van der Waals surface area contributed by atoms with Crippen molar-refractivity contribution in [3.63, 3.8) is 0 Å². The average molecular weight is 204 g/mol. The van der Waals surface area contributed by atoms with E-state index in [4.69, 9.17) is 4.74 Å². The lowest BCUT2D eigenvalue weighted by Crippen LogP contribution is -2.36. The molecule has 1 aromatic rings. The Morgan fingerprint density at radius 1 is 1.27 bits per heavy atom. The molecule has 2 rings (SSSR count). The van der Waals surface area contributed by atoms with Gasteiger partial charge in [0, 0.05) is 0 Å². The summed E-state index contributed by atoms with van der Waals surface area (Å²) < 4.78 is 6.06. The zero-order valence-electron chi connectivity index (χ0n) is 10.3. The predicted octanol–water partition coefficient (Wildman–Crippen LogP) is 3.79. The molecule has 0 bridgehead atoms. The molecule has 1 unspecified atom stereocenters. The van der Waals surface area contributed by atoms with Gasteiger partial charge in [-0.3, -0.25) is 0 Å². The molecule has 82 valence electrons. The Bertz CT molecular complexity index is 387. The van der Waals surface area contributed by atoms with Crippen LogP contribution in [0.4, 0.5) is 0 Å². The second-order valence-corrected chi connectivity index (χ2v) is 5.67. The Kier molecular flexibility index (Phi) is 2.20. The second-order valence-electron chi connectivity index (χ2n) is 5.67. The fourth-order valence-electron chi connectivity index (χ4n) is 2.26. The number of rotatable bonds is 0. The van der Waals surface area contributed by atoms with Crippen molar-refractivity contribution in [2.75, 3.05) is 0 Å². The SMILES string of the molecule is Cc1cccc2c1COC2(C)C(C)(C)C. The van der Waals surface area contributed by atoms with Gasteiger partial charge in [0.25, 0.3) is 0 Å². The van der Waals surface area contributed by atoms with Crippen LogP contribution in [0.5, 0.6) is 0 Å². The first kappa shape index (κ1) is 10.7. The normalized spacial score (nSPS) is 25.4. The lowest BCUT2D eigenvalue weighted by Gasteiger charge is -2.38. The van der Waals surface area contributed by atoms with Crippen molar-refractivity contribution in [3.8, 4) is 0 Å². The van der Waals surface area contributed by atoms with Gasteiger partial charge >= 0.3 is 0 Å². The van der Waals surface area contributed by atoms with Crippen molar-refractivity contribution in [1.29, 1.82) is 0 Å². The van der Waals surface area contributed by atoms with Gasteiger partial charge in [-0.1, -0.05) is 39.0 Å². The zero-order chi connectivity index (χ0) is 11.3. The monoisotopic (exact) mass is 204 g/mol. The molecule has 15 heavy (non-hydrogen) atoms. The molecular weight excluding hydrogens is 184 g/mol. The smallest absolute Gasteiger partial charge is 0.0959 e. The van der Waals surface area contributed by atoms with Crippen LogP contribution in [0.25, 0.3) is 0 Å². The Labute approximate surface area is 92.5 Å². The van der Waals surface area contributed by atoms with Gasteiger partial charge < -0.3 is 4.74 Å². The van der Waals surface area contributed by atoms with Crippen LogP contribution in [0.2, 0.25) is 0 Å². The Hall–Kier alpha value is -0.820. The van der Waals surface area contributed by atoms with E-state index in [9.17, 15) is 0 Å². The highest BCUT2D eigenvalue weighted by atomic mass is 16.5. The van der Waals surface area contributed by atoms with E-state index in [0.717, 1.165) is 6.61 Å². The maximum Gasteiger partial charge on any atom is 0.0959 e. The molecule has 0 amide bonds. The van der Waals surface area contributed by atoms with Crippen LogP contribution in [0.1, 0.15) is 44.4 Å². The first-order valence-electron chi connectivity index (χ1n) is 5.59. The summed E-state index contributed by atoms with van der Waals surface area (Å²) in [6.45, 7) is 11.9. The highest BCUT2D eigenvalue weighted by Crippen LogP contribution is 2.48. The quantitative estimate of drug-likeness (QED) is 0.625. The lowest BCUT2D eigenvalue weighted by molar-refractivity contribution is -0.0992. The molecule has 0 spiro atoms. The molecule has 1 aliphatic heterocycles. The van der Waals surface area contributed by atoms with Crippen molar-refractivity contribution >= 4 is 0 Å². The van der Waals surface area contributed by atoms with Gasteiger partial charge in [0.15, 0.2) is 0 Å². The van der Waals surface area contributed by atoms with Gasteiger partial charge in [-0.15, -0.1) is 0 Å². The fraction of sp³-hybridized carbons (Fsp3) is 0.571. The van der Waals surface area contributed by atoms with Gasteiger partial charge in [0.2, 0.25) is 0 Å². The van der Waals surface area contributed by atoms with E-state index in [1.165, 1.54) is 16.7 Å². The maximum absolute atomic E-state index is 6.06. The lowest BCUT2D eigenvalue weighted by atomic mass is 9.73. The van der Waals surface area contributed by atoms with Crippen molar-refractivity contribution in [3.05, 3.63) is 34.9 Å². The summed E-state index contributed by atoms with van der Waals surface area (Å²) in [5, 5.41) is 0. The van der Waals surface area contributed by atoms with Crippen LogP contribution in [0, 0.1) is 12.3 Å². The summed E-state index contributed by atoms with van der Waals surface area (Å²) in [6, 6.07) is 6.50. The van der Waals surface area contributed by atoms with Crippen molar-refractivity contribution in [2.24, 2.45) is 5.41 Å². The fourth-order valence-corrected chi connectivity index (χ4v) is 2.26. The highest BCUT2D eigenvalue weighted by Gasteiger charge is 2.45. The molecule has 1 nitrogen and oxygen atoms in total. The topological polar surface area (TPSA) is 9.23 Å². The number of fused-ring (bicyclic) bond motifs is 1. The molecule has 1 aromatic carbocycles. The van der Waals surface area contributed by atoms with Crippen LogP contribution in [-0.4, -0.2) is 0 Å². The third kappa shape index (κ3) is 1.41. The van der Waals surface area contributed by atoms with Crippen molar-refractivity contribution in [2.45, 2.75) is 46.8 Å². The molecule has 0 saturated heterocycles. The standard InChI is InChI=1S/C14H20O/c1-10-7-6-8-12-11(10)9-15-14(12,5)13(2,3)4/h6-8H,9H2,1-5H3. The van der Waals surface area contributed by atoms with E-state index in [2.05, 4.69) is 52.8 Å². The Morgan fingerprint density at radius 2 is 1.93 bits per heavy atom. The van der Waals surface area contributed by atoms with Crippen molar-refractivity contribution < 1.29 is 4.74 Å². The first-order chi connectivity index (χ1) is 6.86. The van der Waals surface area contributed by atoms with E-state index >= 15 is 0 Å². The predicted molar refractivity (Wildman–Crippen MR) is 62.8 cm³/mol. The summed E-state index contributed by atoms with van der Waals surface area (Å²) in [5.74, 6) is 0. The van der Waals surface area contributed by atoms with Gasteiger partial charge in [0.05, 0.1) is 12.2 Å². The summed E-state index contributed by atoms with van der Waals surface area (Å²) in [5.41, 5.74) is 4.09. The minimum atomic E-state index is -0.144. The van der Waals surface area contributed by atoms with Crippen LogP contribution >= 0.6 is 0 Å². The molecule has 1 atom stereocenters. The largest absolute Gasteiger partial charge is 0.365 e. The number of aryl methyl sites for hydroxylation is 1. The molecule has 1 heterocycles. The molecule has 1 heteroatoms. The average Bonchev–Trinajstić information content (AvgIpc) is 2.46. The van der Waals surface area contributed by atoms with Crippen LogP contribution in [0.15, 0.2) is 18.2 Å².